The molecule has 0 aromatic heterocycles. The fourth-order valence-electron chi connectivity index (χ4n) is 3.14. The standard InChI is InChI=1S/C19H30N4O2.HI/c1-20-19(22-15-18(24)21-10-13-25-2)23-11-8-17(9-12-23)14-16-6-4-3-5-7-16;/h3-7,17H,8-15H2,1-2H3,(H,20,22)(H,21,24);1H. The number of guanidine groups is 1. The van der Waals surface area contributed by atoms with Gasteiger partial charge in [0.1, 0.15) is 0 Å². The Hall–Kier alpha value is -1.35. The molecule has 0 aliphatic carbocycles. The molecule has 26 heavy (non-hydrogen) atoms. The van der Waals surface area contributed by atoms with Crippen LogP contribution >= 0.6 is 24.0 Å². The summed E-state index contributed by atoms with van der Waals surface area (Å²) in [4.78, 5) is 18.3. The lowest BCUT2D eigenvalue weighted by Gasteiger charge is -2.34. The first-order valence-electron chi connectivity index (χ1n) is 8.98. The van der Waals surface area contributed by atoms with Crippen molar-refractivity contribution in [1.29, 1.82) is 0 Å². The Balaban J connectivity index is 0.00000338. The van der Waals surface area contributed by atoms with E-state index in [2.05, 4.69) is 50.9 Å². The lowest BCUT2D eigenvalue weighted by molar-refractivity contribution is -0.120. The number of likely N-dealkylation sites (tertiary alicyclic amines) is 1. The second kappa shape index (κ2) is 12.9. The summed E-state index contributed by atoms with van der Waals surface area (Å²) in [6.07, 6.45) is 3.44. The maximum Gasteiger partial charge on any atom is 0.239 e. The van der Waals surface area contributed by atoms with E-state index in [9.17, 15) is 4.79 Å². The molecule has 0 atom stereocenters. The first-order valence-corrected chi connectivity index (χ1v) is 8.98. The van der Waals surface area contributed by atoms with E-state index in [0.29, 0.717) is 19.1 Å². The van der Waals surface area contributed by atoms with Crippen molar-refractivity contribution in [3.63, 3.8) is 0 Å². The number of methoxy groups -OCH3 is 1. The Morgan fingerprint density at radius 1 is 1.23 bits per heavy atom. The SMILES string of the molecule is CN=C(NCC(=O)NCCOC)N1CCC(Cc2ccccc2)CC1.I. The van der Waals surface area contributed by atoms with Crippen LogP contribution in [0.1, 0.15) is 18.4 Å². The summed E-state index contributed by atoms with van der Waals surface area (Å²) in [6, 6.07) is 10.7. The first kappa shape index (κ1) is 22.7. The van der Waals surface area contributed by atoms with Crippen molar-refractivity contribution in [2.75, 3.05) is 46.9 Å². The van der Waals surface area contributed by atoms with Crippen molar-refractivity contribution >= 4 is 35.8 Å². The minimum atomic E-state index is -0.0443. The molecule has 1 aromatic rings. The smallest absolute Gasteiger partial charge is 0.239 e. The van der Waals surface area contributed by atoms with Crippen molar-refractivity contribution in [2.45, 2.75) is 19.3 Å². The molecule has 1 aliphatic heterocycles. The average molecular weight is 474 g/mol. The van der Waals surface area contributed by atoms with Crippen molar-refractivity contribution in [3.05, 3.63) is 35.9 Å². The van der Waals surface area contributed by atoms with E-state index in [1.54, 1.807) is 14.2 Å². The summed E-state index contributed by atoms with van der Waals surface area (Å²) >= 11 is 0. The Kier molecular flexibility index (Phi) is 11.3. The third-order valence-electron chi connectivity index (χ3n) is 4.53. The van der Waals surface area contributed by atoms with Crippen LogP contribution in [-0.4, -0.2) is 63.7 Å². The maximum atomic E-state index is 11.8. The number of nitrogens with one attached hydrogen (secondary N) is 2. The van der Waals surface area contributed by atoms with Crippen LogP contribution in [0.4, 0.5) is 0 Å². The van der Waals surface area contributed by atoms with Crippen LogP contribution in [0, 0.1) is 5.92 Å². The molecule has 1 amide bonds. The number of ether oxygens (including phenoxy) is 1. The predicted molar refractivity (Wildman–Crippen MR) is 116 cm³/mol. The quantitative estimate of drug-likeness (QED) is 0.274. The Bertz CT molecular complexity index is 546. The molecule has 146 valence electrons. The van der Waals surface area contributed by atoms with E-state index < -0.39 is 0 Å². The van der Waals surface area contributed by atoms with Crippen LogP contribution in [-0.2, 0) is 16.0 Å². The minimum absolute atomic E-state index is 0. The third kappa shape index (κ3) is 7.90. The topological polar surface area (TPSA) is 66.0 Å². The highest BCUT2D eigenvalue weighted by Crippen LogP contribution is 2.21. The van der Waals surface area contributed by atoms with Crippen LogP contribution in [0.15, 0.2) is 35.3 Å². The van der Waals surface area contributed by atoms with E-state index in [1.807, 2.05) is 0 Å². The fraction of sp³-hybridized carbons (Fsp3) is 0.579. The van der Waals surface area contributed by atoms with Crippen molar-refractivity contribution in [3.8, 4) is 0 Å². The van der Waals surface area contributed by atoms with Gasteiger partial charge in [0.15, 0.2) is 5.96 Å². The van der Waals surface area contributed by atoms with E-state index in [1.165, 1.54) is 5.56 Å². The molecule has 1 aromatic carbocycles. The lowest BCUT2D eigenvalue weighted by Crippen LogP contribution is -2.48. The van der Waals surface area contributed by atoms with Crippen LogP contribution < -0.4 is 10.6 Å². The molecule has 2 N–H and O–H groups in total. The Morgan fingerprint density at radius 2 is 1.92 bits per heavy atom. The summed E-state index contributed by atoms with van der Waals surface area (Å²) in [7, 11) is 3.38. The Labute approximate surface area is 173 Å². The molecular formula is C19H31IN4O2. The van der Waals surface area contributed by atoms with Gasteiger partial charge in [0.25, 0.3) is 0 Å². The molecule has 2 rings (SSSR count). The number of rotatable bonds is 7. The molecule has 0 radical (unpaired) electrons. The Morgan fingerprint density at radius 3 is 2.54 bits per heavy atom. The van der Waals surface area contributed by atoms with Crippen molar-refractivity contribution < 1.29 is 9.53 Å². The van der Waals surface area contributed by atoms with Gasteiger partial charge in [-0.15, -0.1) is 24.0 Å². The highest BCUT2D eigenvalue weighted by atomic mass is 127. The second-order valence-corrected chi connectivity index (χ2v) is 6.36. The summed E-state index contributed by atoms with van der Waals surface area (Å²) in [5, 5.41) is 5.95. The van der Waals surface area contributed by atoms with Gasteiger partial charge in [-0.1, -0.05) is 30.3 Å². The van der Waals surface area contributed by atoms with Gasteiger partial charge in [0.05, 0.1) is 13.2 Å². The van der Waals surface area contributed by atoms with Crippen LogP contribution in [0.25, 0.3) is 0 Å². The molecule has 1 heterocycles. The molecule has 0 bridgehead atoms. The van der Waals surface area contributed by atoms with Crippen LogP contribution in [0.3, 0.4) is 0 Å². The summed E-state index contributed by atoms with van der Waals surface area (Å²) in [6.45, 7) is 3.24. The van der Waals surface area contributed by atoms with Gasteiger partial charge in [-0.25, -0.2) is 0 Å². The zero-order valence-corrected chi connectivity index (χ0v) is 18.1. The predicted octanol–water partition coefficient (Wildman–Crippen LogP) is 1.90. The molecule has 0 spiro atoms. The monoisotopic (exact) mass is 474 g/mol. The van der Waals surface area contributed by atoms with Gasteiger partial charge in [-0.3, -0.25) is 9.79 Å². The number of hydrogen-bond acceptors (Lipinski definition) is 3. The van der Waals surface area contributed by atoms with Crippen molar-refractivity contribution in [2.24, 2.45) is 10.9 Å². The van der Waals surface area contributed by atoms with E-state index in [-0.39, 0.29) is 36.4 Å². The molecule has 1 fully saturated rings. The van der Waals surface area contributed by atoms with Gasteiger partial charge in [-0.05, 0) is 30.7 Å². The van der Waals surface area contributed by atoms with Crippen molar-refractivity contribution in [1.82, 2.24) is 15.5 Å². The number of piperidine rings is 1. The molecule has 0 saturated carbocycles. The van der Waals surface area contributed by atoms with Crippen LogP contribution in [0.5, 0.6) is 0 Å². The number of aliphatic imine (C=N–C) groups is 1. The van der Waals surface area contributed by atoms with Gasteiger partial charge in [0, 0.05) is 33.8 Å². The highest BCUT2D eigenvalue weighted by Gasteiger charge is 2.21. The number of nitrogens with zero attached hydrogens (tertiary/aromatic N) is 2. The lowest BCUT2D eigenvalue weighted by atomic mass is 9.90. The number of amides is 1. The molecule has 1 aliphatic rings. The summed E-state index contributed by atoms with van der Waals surface area (Å²) in [5.74, 6) is 1.48. The van der Waals surface area contributed by atoms with Gasteiger partial charge < -0.3 is 20.3 Å². The molecule has 0 unspecified atom stereocenters. The number of carbonyl (C=O) groups is 1. The second-order valence-electron chi connectivity index (χ2n) is 6.36. The number of carbonyl (C=O) groups excluding carboxylic acids is 1. The zero-order chi connectivity index (χ0) is 17.9. The first-order chi connectivity index (χ1) is 12.2. The van der Waals surface area contributed by atoms with Gasteiger partial charge in [0.2, 0.25) is 5.91 Å². The molecular weight excluding hydrogens is 443 g/mol. The highest BCUT2D eigenvalue weighted by molar-refractivity contribution is 14.0. The van der Waals surface area contributed by atoms with Crippen LogP contribution in [0.2, 0.25) is 0 Å². The molecule has 1 saturated heterocycles. The fourth-order valence-corrected chi connectivity index (χ4v) is 3.14. The summed E-state index contributed by atoms with van der Waals surface area (Å²) in [5.41, 5.74) is 1.41. The molecule has 6 nitrogen and oxygen atoms in total. The average Bonchev–Trinajstić information content (AvgIpc) is 2.64. The maximum absolute atomic E-state index is 11.8. The number of hydrogen-bond donors (Lipinski definition) is 2. The van der Waals surface area contributed by atoms with E-state index >= 15 is 0 Å². The third-order valence-corrected chi connectivity index (χ3v) is 4.53. The summed E-state index contributed by atoms with van der Waals surface area (Å²) < 4.78 is 4.92. The number of benzene rings is 1. The largest absolute Gasteiger partial charge is 0.383 e. The zero-order valence-electron chi connectivity index (χ0n) is 15.7. The minimum Gasteiger partial charge on any atom is -0.383 e. The normalized spacial score (nSPS) is 15.3. The van der Waals surface area contributed by atoms with Gasteiger partial charge >= 0.3 is 0 Å². The molecule has 7 heteroatoms. The number of halogens is 1. The van der Waals surface area contributed by atoms with E-state index in [0.717, 1.165) is 38.3 Å². The van der Waals surface area contributed by atoms with Gasteiger partial charge in [-0.2, -0.15) is 0 Å². The van der Waals surface area contributed by atoms with E-state index in [4.69, 9.17) is 4.74 Å².